The Bertz CT molecular complexity index is 492. The quantitative estimate of drug-likeness (QED) is 0.891. The molecular formula is C15H22FN3O. The van der Waals surface area contributed by atoms with E-state index in [4.69, 9.17) is 0 Å². The van der Waals surface area contributed by atoms with Crippen LogP contribution in [0.5, 0.6) is 0 Å². The van der Waals surface area contributed by atoms with Crippen LogP contribution in [0.3, 0.4) is 0 Å². The van der Waals surface area contributed by atoms with E-state index in [1.54, 1.807) is 7.05 Å². The van der Waals surface area contributed by atoms with Gasteiger partial charge in [-0.1, -0.05) is 20.3 Å². The Morgan fingerprint density at radius 1 is 1.50 bits per heavy atom. The van der Waals surface area contributed by atoms with Crippen molar-refractivity contribution in [2.45, 2.75) is 39.2 Å². The van der Waals surface area contributed by atoms with Crippen LogP contribution in [0.2, 0.25) is 0 Å². The number of carbonyl (C=O) groups excluding carboxylic acids is 1. The molecule has 4 nitrogen and oxygen atoms in total. The number of nitrogens with one attached hydrogen (secondary N) is 2. The molecule has 1 saturated carbocycles. The van der Waals surface area contributed by atoms with Crippen LogP contribution in [-0.2, 0) is 0 Å². The monoisotopic (exact) mass is 279 g/mol. The lowest BCUT2D eigenvalue weighted by atomic mass is 9.93. The van der Waals surface area contributed by atoms with Crippen LogP contribution in [0.4, 0.5) is 10.2 Å². The fourth-order valence-corrected chi connectivity index (χ4v) is 3.09. The minimum Gasteiger partial charge on any atom is -0.372 e. The minimum atomic E-state index is -0.500. The summed E-state index contributed by atoms with van der Waals surface area (Å²) >= 11 is 0. The highest BCUT2D eigenvalue weighted by atomic mass is 19.1. The number of hydrogen-bond donors (Lipinski definition) is 2. The van der Waals surface area contributed by atoms with E-state index in [2.05, 4.69) is 29.5 Å². The molecule has 0 bridgehead atoms. The third kappa shape index (κ3) is 2.92. The van der Waals surface area contributed by atoms with Gasteiger partial charge in [0.25, 0.3) is 5.91 Å². The summed E-state index contributed by atoms with van der Waals surface area (Å²) in [7, 11) is 1.67. The largest absolute Gasteiger partial charge is 0.372 e. The number of aromatic nitrogens is 1. The van der Waals surface area contributed by atoms with Crippen LogP contribution in [0.1, 0.15) is 43.5 Å². The molecule has 1 aromatic rings. The summed E-state index contributed by atoms with van der Waals surface area (Å²) in [5.74, 6) is 0.773. The van der Waals surface area contributed by atoms with Crippen LogP contribution in [0.25, 0.3) is 0 Å². The fourth-order valence-electron chi connectivity index (χ4n) is 3.09. The molecule has 0 aromatic carbocycles. The Labute approximate surface area is 119 Å². The molecule has 1 amide bonds. The number of rotatable bonds is 4. The van der Waals surface area contributed by atoms with E-state index < -0.39 is 5.82 Å². The highest BCUT2D eigenvalue weighted by molar-refractivity contribution is 5.98. The minimum absolute atomic E-state index is 0.167. The Morgan fingerprint density at radius 2 is 2.25 bits per heavy atom. The first kappa shape index (κ1) is 14.8. The zero-order valence-electron chi connectivity index (χ0n) is 12.2. The van der Waals surface area contributed by atoms with Gasteiger partial charge < -0.3 is 10.6 Å². The lowest BCUT2D eigenvalue weighted by Crippen LogP contribution is -2.38. The highest BCUT2D eigenvalue weighted by Gasteiger charge is 2.33. The summed E-state index contributed by atoms with van der Waals surface area (Å²) in [6, 6.07) is 1.39. The van der Waals surface area contributed by atoms with E-state index in [9.17, 15) is 9.18 Å². The molecule has 0 aliphatic heterocycles. The first-order chi connectivity index (χ1) is 9.56. The van der Waals surface area contributed by atoms with Gasteiger partial charge in [-0.2, -0.15) is 0 Å². The van der Waals surface area contributed by atoms with E-state index in [-0.39, 0.29) is 17.5 Å². The maximum atomic E-state index is 13.3. The highest BCUT2D eigenvalue weighted by Crippen LogP contribution is 2.34. The summed E-state index contributed by atoms with van der Waals surface area (Å²) < 4.78 is 13.3. The predicted molar refractivity (Wildman–Crippen MR) is 77.2 cm³/mol. The molecule has 20 heavy (non-hydrogen) atoms. The van der Waals surface area contributed by atoms with Crippen molar-refractivity contribution in [3.05, 3.63) is 23.6 Å². The molecule has 110 valence electrons. The molecule has 1 aliphatic carbocycles. The van der Waals surface area contributed by atoms with Crippen molar-refractivity contribution in [1.29, 1.82) is 0 Å². The van der Waals surface area contributed by atoms with Gasteiger partial charge >= 0.3 is 0 Å². The standard InChI is InChI=1S/C15H22FN3O/c1-4-10-5-6-13(9(10)2)19-15(20)12-7-11(16)8-18-14(12)17-3/h7-10,13H,4-6H2,1-3H3,(H,17,18)(H,19,20). The molecule has 3 unspecified atom stereocenters. The Morgan fingerprint density at radius 3 is 2.85 bits per heavy atom. The number of halogens is 1. The van der Waals surface area contributed by atoms with Gasteiger partial charge in [-0.15, -0.1) is 0 Å². The van der Waals surface area contributed by atoms with Crippen LogP contribution in [-0.4, -0.2) is 24.0 Å². The zero-order chi connectivity index (χ0) is 14.7. The molecule has 5 heteroatoms. The van der Waals surface area contributed by atoms with Crippen LogP contribution in [0.15, 0.2) is 12.3 Å². The molecule has 3 atom stereocenters. The van der Waals surface area contributed by atoms with Crippen molar-refractivity contribution in [3.8, 4) is 0 Å². The van der Waals surface area contributed by atoms with E-state index in [1.807, 2.05) is 0 Å². The Balaban J connectivity index is 2.11. The lowest BCUT2D eigenvalue weighted by Gasteiger charge is -2.21. The third-order valence-corrected chi connectivity index (χ3v) is 4.40. The van der Waals surface area contributed by atoms with Gasteiger partial charge in [0.1, 0.15) is 11.6 Å². The van der Waals surface area contributed by atoms with Crippen molar-refractivity contribution in [3.63, 3.8) is 0 Å². The van der Waals surface area contributed by atoms with E-state index in [1.165, 1.54) is 6.07 Å². The summed E-state index contributed by atoms with van der Waals surface area (Å²) in [6.07, 6.45) is 4.37. The Kier molecular flexibility index (Phi) is 4.57. The van der Waals surface area contributed by atoms with E-state index in [0.717, 1.165) is 25.5 Å². The molecule has 2 rings (SSSR count). The van der Waals surface area contributed by atoms with Crippen LogP contribution >= 0.6 is 0 Å². The van der Waals surface area contributed by atoms with Gasteiger partial charge in [-0.05, 0) is 30.7 Å². The molecule has 0 radical (unpaired) electrons. The van der Waals surface area contributed by atoms with Crippen LogP contribution < -0.4 is 10.6 Å². The molecule has 1 aliphatic rings. The SMILES string of the molecule is CCC1CCC(NC(=O)c2cc(F)cnc2NC)C1C. The molecule has 0 spiro atoms. The normalized spacial score (nSPS) is 25.5. The zero-order valence-corrected chi connectivity index (χ0v) is 12.2. The van der Waals surface area contributed by atoms with Gasteiger partial charge in [0, 0.05) is 13.1 Å². The summed E-state index contributed by atoms with van der Waals surface area (Å²) in [5, 5.41) is 5.85. The average Bonchev–Trinajstić information content (AvgIpc) is 2.79. The number of pyridine rings is 1. The fraction of sp³-hybridized carbons (Fsp3) is 0.600. The molecule has 0 saturated heterocycles. The van der Waals surface area contributed by atoms with Crippen molar-refractivity contribution in [2.75, 3.05) is 12.4 Å². The third-order valence-electron chi connectivity index (χ3n) is 4.40. The first-order valence-electron chi connectivity index (χ1n) is 7.21. The molecule has 1 aromatic heterocycles. The molecule has 2 N–H and O–H groups in total. The smallest absolute Gasteiger partial charge is 0.255 e. The maximum Gasteiger partial charge on any atom is 0.255 e. The van der Waals surface area contributed by atoms with E-state index >= 15 is 0 Å². The predicted octanol–water partition coefficient (Wildman–Crippen LogP) is 2.82. The Hall–Kier alpha value is -1.65. The lowest BCUT2D eigenvalue weighted by molar-refractivity contribution is 0.0926. The van der Waals surface area contributed by atoms with Crippen LogP contribution in [0, 0.1) is 17.7 Å². The maximum absolute atomic E-state index is 13.3. The van der Waals surface area contributed by atoms with Crippen molar-refractivity contribution in [1.82, 2.24) is 10.3 Å². The number of nitrogens with zero attached hydrogens (tertiary/aromatic N) is 1. The average molecular weight is 279 g/mol. The van der Waals surface area contributed by atoms with Gasteiger partial charge in [-0.25, -0.2) is 9.37 Å². The van der Waals surface area contributed by atoms with Gasteiger partial charge in [0.05, 0.1) is 11.8 Å². The second-order valence-corrected chi connectivity index (χ2v) is 5.48. The van der Waals surface area contributed by atoms with Gasteiger partial charge in [0.2, 0.25) is 0 Å². The topological polar surface area (TPSA) is 54.0 Å². The van der Waals surface area contributed by atoms with Gasteiger partial charge in [0.15, 0.2) is 0 Å². The summed E-state index contributed by atoms with van der Waals surface area (Å²) in [4.78, 5) is 16.2. The number of hydrogen-bond acceptors (Lipinski definition) is 3. The summed E-state index contributed by atoms with van der Waals surface area (Å²) in [5.41, 5.74) is 0.264. The summed E-state index contributed by atoms with van der Waals surface area (Å²) in [6.45, 7) is 4.36. The number of anilines is 1. The second kappa shape index (κ2) is 6.20. The van der Waals surface area contributed by atoms with E-state index in [0.29, 0.717) is 17.7 Å². The van der Waals surface area contributed by atoms with Crippen molar-refractivity contribution in [2.24, 2.45) is 11.8 Å². The van der Waals surface area contributed by atoms with Crippen molar-refractivity contribution >= 4 is 11.7 Å². The first-order valence-corrected chi connectivity index (χ1v) is 7.21. The second-order valence-electron chi connectivity index (χ2n) is 5.48. The molecule has 1 fully saturated rings. The molecular weight excluding hydrogens is 257 g/mol. The van der Waals surface area contributed by atoms with Gasteiger partial charge in [-0.3, -0.25) is 4.79 Å². The number of amides is 1. The van der Waals surface area contributed by atoms with Crippen molar-refractivity contribution < 1.29 is 9.18 Å². The molecule has 1 heterocycles. The number of carbonyl (C=O) groups is 1.